The number of fused-ring (bicyclic) bond motifs is 1. The van der Waals surface area contributed by atoms with Gasteiger partial charge in [0.2, 0.25) is 11.8 Å². The number of hydrogen-bond donors (Lipinski definition) is 2. The van der Waals surface area contributed by atoms with Gasteiger partial charge in [0.25, 0.3) is 0 Å². The van der Waals surface area contributed by atoms with Crippen molar-refractivity contribution in [3.63, 3.8) is 0 Å². The number of hydrogen-bond acceptors (Lipinski definition) is 4. The molecule has 0 bridgehead atoms. The summed E-state index contributed by atoms with van der Waals surface area (Å²) in [6, 6.07) is 13.7. The Bertz CT molecular complexity index is 913. The quantitative estimate of drug-likeness (QED) is 0.645. The third-order valence-electron chi connectivity index (χ3n) is 5.79. The molecule has 0 saturated carbocycles. The van der Waals surface area contributed by atoms with Crippen LogP contribution in [-0.2, 0) is 22.4 Å². The van der Waals surface area contributed by atoms with E-state index in [1.165, 1.54) is 24.0 Å². The highest BCUT2D eigenvalue weighted by molar-refractivity contribution is 5.92. The lowest BCUT2D eigenvalue weighted by Gasteiger charge is -2.22. The van der Waals surface area contributed by atoms with Crippen molar-refractivity contribution in [3.8, 4) is 5.75 Å². The number of carbonyl (C=O) groups excluding carboxylic acids is 2. The number of benzene rings is 2. The first kappa shape index (κ1) is 22.8. The molecule has 2 N–H and O–H groups in total. The zero-order valence-electron chi connectivity index (χ0n) is 18.7. The molecule has 31 heavy (non-hydrogen) atoms. The van der Waals surface area contributed by atoms with Gasteiger partial charge in [-0.25, -0.2) is 0 Å². The number of nitrogens with one attached hydrogen (secondary N) is 2. The van der Waals surface area contributed by atoms with Gasteiger partial charge in [0.1, 0.15) is 5.75 Å². The third kappa shape index (κ3) is 6.56. The van der Waals surface area contributed by atoms with Crippen molar-refractivity contribution < 1.29 is 14.3 Å². The van der Waals surface area contributed by atoms with Crippen molar-refractivity contribution in [2.45, 2.75) is 45.6 Å². The molecule has 0 unspecified atom stereocenters. The van der Waals surface area contributed by atoms with Gasteiger partial charge in [0.15, 0.2) is 0 Å². The predicted octanol–water partition coefficient (Wildman–Crippen LogP) is 3.71. The van der Waals surface area contributed by atoms with Crippen LogP contribution in [0.5, 0.6) is 5.75 Å². The number of carbonyl (C=O) groups is 2. The van der Waals surface area contributed by atoms with Gasteiger partial charge >= 0.3 is 0 Å². The molecule has 1 aliphatic rings. The number of amides is 2. The first-order valence-corrected chi connectivity index (χ1v) is 11.1. The van der Waals surface area contributed by atoms with E-state index in [2.05, 4.69) is 28.8 Å². The van der Waals surface area contributed by atoms with Gasteiger partial charge in [-0.3, -0.25) is 14.5 Å². The second-order valence-electron chi connectivity index (χ2n) is 8.11. The van der Waals surface area contributed by atoms with E-state index in [4.69, 9.17) is 4.74 Å². The van der Waals surface area contributed by atoms with Crippen LogP contribution in [0.15, 0.2) is 42.5 Å². The van der Waals surface area contributed by atoms with Gasteiger partial charge in [-0.05, 0) is 68.0 Å². The number of ether oxygens (including phenoxy) is 1. The van der Waals surface area contributed by atoms with Crippen LogP contribution in [0.1, 0.15) is 49.4 Å². The molecule has 2 aromatic rings. The molecule has 1 atom stereocenters. The maximum absolute atomic E-state index is 12.6. The smallest absolute Gasteiger partial charge is 0.238 e. The lowest BCUT2D eigenvalue weighted by Crippen LogP contribution is -2.41. The highest BCUT2D eigenvalue weighted by Crippen LogP contribution is 2.24. The molecule has 0 aliphatic heterocycles. The molecule has 0 radical (unpaired) electrons. The molecule has 166 valence electrons. The van der Waals surface area contributed by atoms with E-state index in [-0.39, 0.29) is 30.9 Å². The number of likely N-dealkylation sites (N-methyl/N-ethyl adjacent to an activating group) is 1. The molecule has 3 rings (SSSR count). The summed E-state index contributed by atoms with van der Waals surface area (Å²) in [5.74, 6) is 0.438. The van der Waals surface area contributed by atoms with Crippen LogP contribution in [0.25, 0.3) is 0 Å². The zero-order valence-corrected chi connectivity index (χ0v) is 18.7. The Kier molecular flexibility index (Phi) is 8.06. The standard InChI is InChI=1S/C25H33N3O3/c1-4-28(17-25(30)27-22-10-7-11-23(15-22)31-3)16-24(29)26-18(2)20-13-12-19-8-5-6-9-21(19)14-20/h7,10-15,18H,4-6,8-9,16-17H2,1-3H3,(H,26,29)(H,27,30)/t18-/m0/s1. The SMILES string of the molecule is CCN(CC(=O)Nc1cccc(OC)c1)CC(=O)N[C@@H](C)c1ccc2c(c1)CCCC2. The first-order chi connectivity index (χ1) is 15.0. The van der Waals surface area contributed by atoms with Crippen molar-refractivity contribution in [1.29, 1.82) is 0 Å². The zero-order chi connectivity index (χ0) is 22.2. The topological polar surface area (TPSA) is 70.7 Å². The minimum Gasteiger partial charge on any atom is -0.497 e. The number of aryl methyl sites for hydroxylation is 2. The average molecular weight is 424 g/mol. The van der Waals surface area contributed by atoms with E-state index in [1.807, 2.05) is 36.9 Å². The van der Waals surface area contributed by atoms with E-state index in [0.717, 1.165) is 18.4 Å². The van der Waals surface area contributed by atoms with Crippen LogP contribution in [0.2, 0.25) is 0 Å². The van der Waals surface area contributed by atoms with Crippen LogP contribution in [0.4, 0.5) is 5.69 Å². The van der Waals surface area contributed by atoms with Gasteiger partial charge in [0, 0.05) is 11.8 Å². The average Bonchev–Trinajstić information content (AvgIpc) is 2.78. The van der Waals surface area contributed by atoms with Gasteiger partial charge in [-0.15, -0.1) is 0 Å². The minimum atomic E-state index is -0.161. The highest BCUT2D eigenvalue weighted by atomic mass is 16.5. The van der Waals surface area contributed by atoms with Crippen molar-refractivity contribution >= 4 is 17.5 Å². The lowest BCUT2D eigenvalue weighted by atomic mass is 9.89. The van der Waals surface area contributed by atoms with Crippen LogP contribution < -0.4 is 15.4 Å². The van der Waals surface area contributed by atoms with Gasteiger partial charge in [-0.1, -0.05) is 31.2 Å². The Morgan fingerprint density at radius 3 is 2.52 bits per heavy atom. The molecular formula is C25H33N3O3. The minimum absolute atomic E-state index is 0.0657. The Morgan fingerprint density at radius 1 is 1.03 bits per heavy atom. The lowest BCUT2D eigenvalue weighted by molar-refractivity contribution is -0.123. The van der Waals surface area contributed by atoms with Crippen LogP contribution in [0, 0.1) is 0 Å². The van der Waals surface area contributed by atoms with Crippen LogP contribution in [0.3, 0.4) is 0 Å². The molecule has 2 aromatic carbocycles. The Morgan fingerprint density at radius 2 is 1.77 bits per heavy atom. The highest BCUT2D eigenvalue weighted by Gasteiger charge is 2.17. The van der Waals surface area contributed by atoms with E-state index < -0.39 is 0 Å². The largest absolute Gasteiger partial charge is 0.497 e. The van der Waals surface area contributed by atoms with Gasteiger partial charge < -0.3 is 15.4 Å². The summed E-state index contributed by atoms with van der Waals surface area (Å²) in [5, 5.41) is 5.93. The van der Waals surface area contributed by atoms with Crippen molar-refractivity contribution in [2.75, 3.05) is 32.1 Å². The Labute approximate surface area is 185 Å². The number of anilines is 1. The maximum Gasteiger partial charge on any atom is 0.238 e. The second-order valence-corrected chi connectivity index (χ2v) is 8.11. The monoisotopic (exact) mass is 423 g/mol. The Hall–Kier alpha value is -2.86. The second kappa shape index (κ2) is 11.0. The molecule has 0 saturated heterocycles. The third-order valence-corrected chi connectivity index (χ3v) is 5.79. The van der Waals surface area contributed by atoms with Crippen LogP contribution in [-0.4, -0.2) is 43.5 Å². The number of rotatable bonds is 9. The van der Waals surface area contributed by atoms with Crippen LogP contribution >= 0.6 is 0 Å². The first-order valence-electron chi connectivity index (χ1n) is 11.1. The van der Waals surface area contributed by atoms with Crippen molar-refractivity contribution in [1.82, 2.24) is 10.2 Å². The molecule has 0 heterocycles. The molecule has 2 amide bonds. The van der Waals surface area contributed by atoms with E-state index in [0.29, 0.717) is 18.0 Å². The van der Waals surface area contributed by atoms with E-state index in [1.54, 1.807) is 13.2 Å². The fraction of sp³-hybridized carbons (Fsp3) is 0.440. The summed E-state index contributed by atoms with van der Waals surface area (Å²) >= 11 is 0. The van der Waals surface area contributed by atoms with E-state index in [9.17, 15) is 9.59 Å². The molecule has 1 aliphatic carbocycles. The molecular weight excluding hydrogens is 390 g/mol. The normalized spacial score (nSPS) is 13.9. The molecule has 0 fully saturated rings. The van der Waals surface area contributed by atoms with Crippen molar-refractivity contribution in [2.24, 2.45) is 0 Å². The van der Waals surface area contributed by atoms with Gasteiger partial charge in [0.05, 0.1) is 26.2 Å². The summed E-state index contributed by atoms with van der Waals surface area (Å²) in [6.45, 7) is 4.88. The fourth-order valence-electron chi connectivity index (χ4n) is 3.98. The van der Waals surface area contributed by atoms with E-state index >= 15 is 0 Å². The number of nitrogens with zero attached hydrogens (tertiary/aromatic N) is 1. The molecule has 6 heteroatoms. The summed E-state index contributed by atoms with van der Waals surface area (Å²) < 4.78 is 5.18. The summed E-state index contributed by atoms with van der Waals surface area (Å²) in [7, 11) is 1.59. The Balaban J connectivity index is 1.51. The van der Waals surface area contributed by atoms with Gasteiger partial charge in [-0.2, -0.15) is 0 Å². The van der Waals surface area contributed by atoms with Crippen molar-refractivity contribution in [3.05, 3.63) is 59.2 Å². The fourth-order valence-corrected chi connectivity index (χ4v) is 3.98. The predicted molar refractivity (Wildman–Crippen MR) is 123 cm³/mol. The maximum atomic E-state index is 12.6. The molecule has 6 nitrogen and oxygen atoms in total. The summed E-state index contributed by atoms with van der Waals surface area (Å²) in [4.78, 5) is 26.8. The molecule has 0 aromatic heterocycles. The summed E-state index contributed by atoms with van der Waals surface area (Å²) in [5.41, 5.74) is 4.65. The summed E-state index contributed by atoms with van der Waals surface area (Å²) in [6.07, 6.45) is 4.77. The molecule has 0 spiro atoms. The number of methoxy groups -OCH3 is 1.